The first-order valence-electron chi connectivity index (χ1n) is 11.1. The molecule has 0 unspecified atom stereocenters. The molecule has 2 N–H and O–H groups in total. The van der Waals surface area contributed by atoms with Gasteiger partial charge < -0.3 is 5.73 Å². The third kappa shape index (κ3) is 4.83. The maximum atomic E-state index is 13.2. The number of benzene rings is 2. The number of hydrogen-bond donors (Lipinski definition) is 1. The third-order valence-electron chi connectivity index (χ3n) is 5.72. The lowest BCUT2D eigenvalue weighted by atomic mass is 10.1. The highest BCUT2D eigenvalue weighted by atomic mass is 32.2. The predicted octanol–water partition coefficient (Wildman–Crippen LogP) is 2.83. The van der Waals surface area contributed by atoms with Crippen molar-refractivity contribution in [2.75, 3.05) is 11.5 Å². The average Bonchev–Trinajstić information content (AvgIpc) is 3.31. The van der Waals surface area contributed by atoms with E-state index in [9.17, 15) is 14.4 Å². The summed E-state index contributed by atoms with van der Waals surface area (Å²) in [6, 6.07) is 15.3. The van der Waals surface area contributed by atoms with Crippen molar-refractivity contribution in [3.05, 3.63) is 98.0 Å². The standard InChI is InChI=1S/C25H26N6O3S/c1-4-29-23(33)21(22(26)30(25(29)34)13-18-8-6-5-7-9-18)20(32)14-35-24-28-27-15-31(24)19-12-16(2)10-11-17(19)3/h5-12,15H,4,13-14,26H2,1-3H3. The molecule has 180 valence electrons. The largest absolute Gasteiger partial charge is 0.384 e. The zero-order chi connectivity index (χ0) is 25.1. The second-order valence-corrected chi connectivity index (χ2v) is 9.09. The number of carbonyl (C=O) groups is 1. The molecule has 9 nitrogen and oxygen atoms in total. The molecule has 0 aliphatic carbocycles. The second kappa shape index (κ2) is 10.1. The molecule has 0 spiro atoms. The Morgan fingerprint density at radius 1 is 1.06 bits per heavy atom. The molecule has 0 atom stereocenters. The Labute approximate surface area is 206 Å². The van der Waals surface area contributed by atoms with Gasteiger partial charge in [0, 0.05) is 6.54 Å². The van der Waals surface area contributed by atoms with Crippen molar-refractivity contribution < 1.29 is 4.79 Å². The van der Waals surface area contributed by atoms with Gasteiger partial charge in [-0.05, 0) is 43.5 Å². The molecule has 0 radical (unpaired) electrons. The van der Waals surface area contributed by atoms with E-state index < -0.39 is 17.0 Å². The molecule has 2 heterocycles. The van der Waals surface area contributed by atoms with Crippen LogP contribution in [0.4, 0.5) is 5.82 Å². The van der Waals surface area contributed by atoms with Crippen LogP contribution in [0, 0.1) is 13.8 Å². The summed E-state index contributed by atoms with van der Waals surface area (Å²) in [6.07, 6.45) is 1.59. The first-order valence-corrected chi connectivity index (χ1v) is 12.1. The third-order valence-corrected chi connectivity index (χ3v) is 6.66. The number of aryl methyl sites for hydroxylation is 2. The van der Waals surface area contributed by atoms with Gasteiger partial charge >= 0.3 is 5.69 Å². The van der Waals surface area contributed by atoms with Gasteiger partial charge in [0.1, 0.15) is 17.7 Å². The van der Waals surface area contributed by atoms with E-state index >= 15 is 0 Å². The second-order valence-electron chi connectivity index (χ2n) is 8.15. The summed E-state index contributed by atoms with van der Waals surface area (Å²) in [5, 5.41) is 8.66. The van der Waals surface area contributed by atoms with Gasteiger partial charge in [0.15, 0.2) is 10.9 Å². The van der Waals surface area contributed by atoms with Crippen LogP contribution in [0.5, 0.6) is 0 Å². The van der Waals surface area contributed by atoms with Crippen LogP contribution in [0.25, 0.3) is 5.69 Å². The summed E-state index contributed by atoms with van der Waals surface area (Å²) in [5.41, 5.74) is 8.70. The zero-order valence-electron chi connectivity index (χ0n) is 19.8. The number of nitrogen functional groups attached to an aromatic ring is 1. The SMILES string of the molecule is CCn1c(=O)c(C(=O)CSc2nncn2-c2cc(C)ccc2C)c(N)n(Cc2ccccc2)c1=O. The molecular weight excluding hydrogens is 464 g/mol. The monoisotopic (exact) mass is 490 g/mol. The number of hydrogen-bond acceptors (Lipinski definition) is 7. The number of nitrogens with two attached hydrogens (primary N) is 1. The molecule has 4 aromatic rings. The van der Waals surface area contributed by atoms with Crippen LogP contribution < -0.4 is 17.0 Å². The molecular formula is C25H26N6O3S. The lowest BCUT2D eigenvalue weighted by Gasteiger charge is -2.16. The molecule has 4 rings (SSSR count). The molecule has 2 aromatic carbocycles. The van der Waals surface area contributed by atoms with Gasteiger partial charge in [0.25, 0.3) is 5.56 Å². The van der Waals surface area contributed by atoms with Gasteiger partial charge in [-0.25, -0.2) is 4.79 Å². The molecule has 0 bridgehead atoms. The van der Waals surface area contributed by atoms with E-state index in [1.807, 2.05) is 66.9 Å². The Morgan fingerprint density at radius 3 is 2.51 bits per heavy atom. The van der Waals surface area contributed by atoms with Crippen molar-refractivity contribution >= 4 is 23.4 Å². The molecule has 0 aliphatic heterocycles. The Balaban J connectivity index is 1.67. The van der Waals surface area contributed by atoms with E-state index in [4.69, 9.17) is 5.73 Å². The minimum absolute atomic E-state index is 0.0871. The molecule has 0 amide bonds. The Bertz CT molecular complexity index is 1500. The van der Waals surface area contributed by atoms with E-state index in [2.05, 4.69) is 10.2 Å². The van der Waals surface area contributed by atoms with Crippen LogP contribution in [0.1, 0.15) is 34.0 Å². The van der Waals surface area contributed by atoms with Crippen LogP contribution in [0.15, 0.2) is 69.6 Å². The fraction of sp³-hybridized carbons (Fsp3) is 0.240. The van der Waals surface area contributed by atoms with E-state index in [0.717, 1.165) is 38.7 Å². The van der Waals surface area contributed by atoms with Gasteiger partial charge in [-0.2, -0.15) is 0 Å². The maximum absolute atomic E-state index is 13.2. The van der Waals surface area contributed by atoms with Gasteiger partial charge in [-0.15, -0.1) is 10.2 Å². The predicted molar refractivity (Wildman–Crippen MR) is 136 cm³/mol. The summed E-state index contributed by atoms with van der Waals surface area (Å²) in [6.45, 7) is 5.94. The van der Waals surface area contributed by atoms with Crippen LogP contribution in [0.3, 0.4) is 0 Å². The van der Waals surface area contributed by atoms with Crippen molar-refractivity contribution in [1.29, 1.82) is 0 Å². The summed E-state index contributed by atoms with van der Waals surface area (Å²) in [4.78, 5) is 39.2. The molecule has 10 heteroatoms. The highest BCUT2D eigenvalue weighted by Gasteiger charge is 2.23. The van der Waals surface area contributed by atoms with E-state index in [-0.39, 0.29) is 30.2 Å². The highest BCUT2D eigenvalue weighted by molar-refractivity contribution is 7.99. The molecule has 0 fully saturated rings. The van der Waals surface area contributed by atoms with E-state index in [1.165, 1.54) is 4.57 Å². The lowest BCUT2D eigenvalue weighted by Crippen LogP contribution is -2.44. The fourth-order valence-electron chi connectivity index (χ4n) is 3.84. The van der Waals surface area contributed by atoms with Crippen molar-refractivity contribution in [3.8, 4) is 5.69 Å². The summed E-state index contributed by atoms with van der Waals surface area (Å²) >= 11 is 1.16. The molecule has 0 saturated heterocycles. The van der Waals surface area contributed by atoms with Crippen molar-refractivity contribution in [1.82, 2.24) is 23.9 Å². The van der Waals surface area contributed by atoms with Gasteiger partial charge in [-0.1, -0.05) is 54.2 Å². The van der Waals surface area contributed by atoms with Crippen molar-refractivity contribution in [3.63, 3.8) is 0 Å². The van der Waals surface area contributed by atoms with Crippen molar-refractivity contribution in [2.45, 2.75) is 39.0 Å². The van der Waals surface area contributed by atoms with Crippen LogP contribution in [-0.4, -0.2) is 35.4 Å². The van der Waals surface area contributed by atoms with Gasteiger partial charge in [0.2, 0.25) is 0 Å². The molecule has 2 aromatic heterocycles. The number of ketones is 1. The topological polar surface area (TPSA) is 118 Å². The highest BCUT2D eigenvalue weighted by Crippen LogP contribution is 2.24. The first kappa shape index (κ1) is 24.2. The fourth-order valence-corrected chi connectivity index (χ4v) is 4.64. The van der Waals surface area contributed by atoms with Crippen LogP contribution in [0.2, 0.25) is 0 Å². The van der Waals surface area contributed by atoms with Crippen LogP contribution >= 0.6 is 11.8 Å². The van der Waals surface area contributed by atoms with Gasteiger partial charge in [0.05, 0.1) is 18.0 Å². The molecule has 35 heavy (non-hydrogen) atoms. The number of thioether (sulfide) groups is 1. The van der Waals surface area contributed by atoms with E-state index in [0.29, 0.717) is 5.16 Å². The minimum atomic E-state index is -0.680. The number of aromatic nitrogens is 5. The molecule has 0 aliphatic rings. The quantitative estimate of drug-likeness (QED) is 0.298. The number of Topliss-reactive ketones (excluding diaryl/α,β-unsaturated/α-hetero) is 1. The minimum Gasteiger partial charge on any atom is -0.384 e. The number of anilines is 1. The summed E-state index contributed by atoms with van der Waals surface area (Å²) in [7, 11) is 0. The Hall–Kier alpha value is -3.92. The maximum Gasteiger partial charge on any atom is 0.332 e. The Kier molecular flexibility index (Phi) is 7.02. The van der Waals surface area contributed by atoms with Gasteiger partial charge in [-0.3, -0.25) is 23.3 Å². The number of nitrogens with zero attached hydrogens (tertiary/aromatic N) is 5. The van der Waals surface area contributed by atoms with E-state index in [1.54, 1.807) is 13.3 Å². The normalized spacial score (nSPS) is 11.1. The number of carbonyl (C=O) groups excluding carboxylic acids is 1. The molecule has 0 saturated carbocycles. The van der Waals surface area contributed by atoms with Crippen molar-refractivity contribution in [2.24, 2.45) is 0 Å². The number of rotatable bonds is 8. The van der Waals surface area contributed by atoms with Crippen LogP contribution in [-0.2, 0) is 13.1 Å². The zero-order valence-corrected chi connectivity index (χ0v) is 20.6. The summed E-state index contributed by atoms with van der Waals surface area (Å²) < 4.78 is 4.12. The Morgan fingerprint density at radius 2 is 1.80 bits per heavy atom. The summed E-state index contributed by atoms with van der Waals surface area (Å²) in [5.74, 6) is -0.692. The average molecular weight is 491 g/mol. The smallest absolute Gasteiger partial charge is 0.332 e. The lowest BCUT2D eigenvalue weighted by molar-refractivity contribution is 0.102. The first-order chi connectivity index (χ1) is 16.8.